The number of aliphatic carboxylic acids is 1. The van der Waals surface area contributed by atoms with Gasteiger partial charge in [0, 0.05) is 24.9 Å². The van der Waals surface area contributed by atoms with Crippen molar-refractivity contribution in [1.82, 2.24) is 10.2 Å². The second-order valence-corrected chi connectivity index (χ2v) is 10.3. The van der Waals surface area contributed by atoms with Crippen LogP contribution in [0.25, 0.3) is 11.1 Å². The van der Waals surface area contributed by atoms with Crippen LogP contribution in [0, 0.1) is 0 Å². The van der Waals surface area contributed by atoms with Gasteiger partial charge in [-0.25, -0.2) is 9.59 Å². The van der Waals surface area contributed by atoms with Crippen molar-refractivity contribution >= 4 is 18.0 Å². The maximum absolute atomic E-state index is 12.8. The van der Waals surface area contributed by atoms with E-state index in [-0.39, 0.29) is 24.9 Å². The molecule has 186 valence electrons. The number of benzene rings is 2. The van der Waals surface area contributed by atoms with Gasteiger partial charge in [0.1, 0.15) is 12.1 Å². The number of hydrogen-bond donors (Lipinski definition) is 2. The lowest BCUT2D eigenvalue weighted by Gasteiger charge is -2.35. The highest BCUT2D eigenvalue weighted by atomic mass is 16.5. The van der Waals surface area contributed by atoms with Crippen LogP contribution in [0.4, 0.5) is 4.79 Å². The largest absolute Gasteiger partial charge is 0.479 e. The van der Waals surface area contributed by atoms with Crippen molar-refractivity contribution in [3.63, 3.8) is 0 Å². The molecular formula is C28H34N2O5. The van der Waals surface area contributed by atoms with Gasteiger partial charge < -0.3 is 20.1 Å². The number of likely N-dealkylation sites (N-methyl/N-ethyl adjacent to an activating group) is 1. The number of amides is 2. The van der Waals surface area contributed by atoms with E-state index >= 15 is 0 Å². The molecule has 0 heterocycles. The van der Waals surface area contributed by atoms with Gasteiger partial charge in [0.25, 0.3) is 0 Å². The van der Waals surface area contributed by atoms with Gasteiger partial charge in [-0.05, 0) is 55.4 Å². The van der Waals surface area contributed by atoms with E-state index in [0.717, 1.165) is 24.0 Å². The fraction of sp³-hybridized carbons (Fsp3) is 0.464. The highest BCUT2D eigenvalue weighted by molar-refractivity contribution is 5.87. The van der Waals surface area contributed by atoms with Crippen LogP contribution in [0.2, 0.25) is 0 Å². The van der Waals surface area contributed by atoms with Crippen LogP contribution in [0.5, 0.6) is 0 Å². The molecule has 0 atom stereocenters. The molecule has 2 aromatic carbocycles. The van der Waals surface area contributed by atoms with Gasteiger partial charge in [0.05, 0.1) is 0 Å². The molecule has 0 saturated heterocycles. The maximum atomic E-state index is 12.8. The Balaban J connectivity index is 1.32. The van der Waals surface area contributed by atoms with Gasteiger partial charge in [-0.15, -0.1) is 0 Å². The van der Waals surface area contributed by atoms with Gasteiger partial charge >= 0.3 is 12.1 Å². The fourth-order valence-corrected chi connectivity index (χ4v) is 5.45. The molecule has 2 aliphatic carbocycles. The van der Waals surface area contributed by atoms with Gasteiger partial charge in [-0.1, -0.05) is 61.4 Å². The van der Waals surface area contributed by atoms with E-state index in [1.54, 1.807) is 7.05 Å². The molecule has 2 amide bonds. The van der Waals surface area contributed by atoms with Crippen molar-refractivity contribution in [1.29, 1.82) is 0 Å². The summed E-state index contributed by atoms with van der Waals surface area (Å²) < 4.78 is 5.64. The van der Waals surface area contributed by atoms with Crippen LogP contribution in [0.3, 0.4) is 0 Å². The standard InChI is InChI=1S/C28H34N2O5/c1-27(2,17-14-24(31)30(3)28(25(32)33)15-8-9-16-28)29-26(34)35-18-23-21-12-6-4-10-19(21)20-11-5-7-13-22(20)23/h4-7,10-13,23H,8-9,14-18H2,1-3H3,(H,29,34)(H,32,33). The lowest BCUT2D eigenvalue weighted by Crippen LogP contribution is -2.54. The van der Waals surface area contributed by atoms with Crippen LogP contribution in [-0.4, -0.2) is 52.7 Å². The number of nitrogens with zero attached hydrogens (tertiary/aromatic N) is 1. The Hall–Kier alpha value is -3.35. The Bertz CT molecular complexity index is 1070. The van der Waals surface area contributed by atoms with E-state index in [1.807, 2.05) is 38.1 Å². The van der Waals surface area contributed by atoms with Gasteiger partial charge in [-0.2, -0.15) is 0 Å². The Morgan fingerprint density at radius 2 is 1.57 bits per heavy atom. The first-order valence-electron chi connectivity index (χ1n) is 12.3. The summed E-state index contributed by atoms with van der Waals surface area (Å²) >= 11 is 0. The second kappa shape index (κ2) is 9.72. The van der Waals surface area contributed by atoms with Crippen LogP contribution >= 0.6 is 0 Å². The molecule has 1 fully saturated rings. The smallest absolute Gasteiger partial charge is 0.407 e. The predicted molar refractivity (Wildman–Crippen MR) is 133 cm³/mol. The number of ether oxygens (including phenoxy) is 1. The van der Waals surface area contributed by atoms with E-state index < -0.39 is 23.1 Å². The molecule has 0 radical (unpaired) electrons. The summed E-state index contributed by atoms with van der Waals surface area (Å²) in [5.41, 5.74) is 2.83. The number of hydrogen-bond acceptors (Lipinski definition) is 4. The molecular weight excluding hydrogens is 444 g/mol. The summed E-state index contributed by atoms with van der Waals surface area (Å²) in [6, 6.07) is 16.3. The molecule has 35 heavy (non-hydrogen) atoms. The van der Waals surface area contributed by atoms with Gasteiger partial charge in [-0.3, -0.25) is 4.79 Å². The molecule has 2 aliphatic rings. The van der Waals surface area contributed by atoms with E-state index in [0.29, 0.717) is 19.3 Å². The Labute approximate surface area is 206 Å². The third-order valence-electron chi connectivity index (χ3n) is 7.59. The summed E-state index contributed by atoms with van der Waals surface area (Å²) in [6.45, 7) is 3.90. The Morgan fingerprint density at radius 3 is 2.11 bits per heavy atom. The van der Waals surface area contributed by atoms with Crippen LogP contribution in [0.15, 0.2) is 48.5 Å². The van der Waals surface area contributed by atoms with E-state index in [2.05, 4.69) is 29.6 Å². The Morgan fingerprint density at radius 1 is 1.03 bits per heavy atom. The minimum absolute atomic E-state index is 0.0230. The highest BCUT2D eigenvalue weighted by Crippen LogP contribution is 2.44. The number of carboxylic acid groups (broad SMARTS) is 1. The van der Waals surface area contributed by atoms with Gasteiger partial charge in [0.2, 0.25) is 5.91 Å². The van der Waals surface area contributed by atoms with E-state index in [9.17, 15) is 19.5 Å². The fourth-order valence-electron chi connectivity index (χ4n) is 5.45. The average molecular weight is 479 g/mol. The quantitative estimate of drug-likeness (QED) is 0.560. The molecule has 0 aromatic heterocycles. The average Bonchev–Trinajstić information content (AvgIpc) is 3.45. The zero-order valence-electron chi connectivity index (χ0n) is 20.7. The predicted octanol–water partition coefficient (Wildman–Crippen LogP) is 4.94. The molecule has 7 nitrogen and oxygen atoms in total. The first-order chi connectivity index (χ1) is 16.6. The van der Waals surface area contributed by atoms with Crippen LogP contribution < -0.4 is 5.32 Å². The molecule has 0 spiro atoms. The normalized spacial score (nSPS) is 16.3. The van der Waals surface area contributed by atoms with E-state index in [4.69, 9.17) is 4.74 Å². The number of fused-ring (bicyclic) bond motifs is 3. The molecule has 1 saturated carbocycles. The van der Waals surface area contributed by atoms with Crippen molar-refractivity contribution in [2.75, 3.05) is 13.7 Å². The van der Waals surface area contributed by atoms with Crippen molar-refractivity contribution in [2.24, 2.45) is 0 Å². The minimum atomic E-state index is -1.11. The molecule has 0 bridgehead atoms. The summed E-state index contributed by atoms with van der Waals surface area (Å²) in [7, 11) is 1.58. The molecule has 0 unspecified atom stereocenters. The molecule has 4 rings (SSSR count). The van der Waals surface area contributed by atoms with Crippen molar-refractivity contribution in [3.8, 4) is 11.1 Å². The lowest BCUT2D eigenvalue weighted by molar-refractivity contribution is -0.157. The first-order valence-corrected chi connectivity index (χ1v) is 12.3. The number of rotatable bonds is 8. The maximum Gasteiger partial charge on any atom is 0.407 e. The Kier molecular flexibility index (Phi) is 6.88. The number of alkyl carbamates (subject to hydrolysis) is 1. The molecule has 0 aliphatic heterocycles. The summed E-state index contributed by atoms with van der Waals surface area (Å²) in [5.74, 6) is -1.19. The number of carbonyl (C=O) groups excluding carboxylic acids is 2. The summed E-state index contributed by atoms with van der Waals surface area (Å²) in [6.07, 6.45) is 2.55. The topological polar surface area (TPSA) is 95.9 Å². The number of carbonyl (C=O) groups is 3. The number of carboxylic acids is 1. The van der Waals surface area contributed by atoms with E-state index in [1.165, 1.54) is 16.0 Å². The monoisotopic (exact) mass is 478 g/mol. The van der Waals surface area contributed by atoms with Crippen LogP contribution in [0.1, 0.15) is 69.4 Å². The molecule has 2 aromatic rings. The molecule has 2 N–H and O–H groups in total. The molecule has 7 heteroatoms. The SMILES string of the molecule is CN(C(=O)CCC(C)(C)NC(=O)OCC1c2ccccc2-c2ccccc21)C1(C(=O)O)CCCC1. The first kappa shape index (κ1) is 24.8. The summed E-state index contributed by atoms with van der Waals surface area (Å²) in [4.78, 5) is 38.8. The van der Waals surface area contributed by atoms with Crippen molar-refractivity contribution in [2.45, 2.75) is 69.4 Å². The third-order valence-corrected chi connectivity index (χ3v) is 7.59. The van der Waals surface area contributed by atoms with Gasteiger partial charge in [0.15, 0.2) is 0 Å². The number of nitrogens with one attached hydrogen (secondary N) is 1. The highest BCUT2D eigenvalue weighted by Gasteiger charge is 2.46. The second-order valence-electron chi connectivity index (χ2n) is 10.3. The lowest BCUT2D eigenvalue weighted by atomic mass is 9.93. The summed E-state index contributed by atoms with van der Waals surface area (Å²) in [5, 5.41) is 12.6. The zero-order valence-corrected chi connectivity index (χ0v) is 20.7. The van der Waals surface area contributed by atoms with Crippen LogP contribution in [-0.2, 0) is 14.3 Å². The van der Waals surface area contributed by atoms with Crippen molar-refractivity contribution < 1.29 is 24.2 Å². The van der Waals surface area contributed by atoms with Crippen molar-refractivity contribution in [3.05, 3.63) is 59.7 Å². The zero-order chi connectivity index (χ0) is 25.2. The third kappa shape index (κ3) is 4.90. The minimum Gasteiger partial charge on any atom is -0.479 e.